The molecule has 2 atom stereocenters. The molecule has 0 aromatic heterocycles. The third-order valence-electron chi connectivity index (χ3n) is 3.53. The highest BCUT2D eigenvalue weighted by Gasteiger charge is 2.23. The standard InChI is InChI=1S/C15H24FN3O/c1-4-13(17)15(11-5-7-12(16)8-6-11)19(3)10-9-14(20)18-2/h5-8,13,15H,4,9-10,17H2,1-3H3,(H,18,20). The number of amides is 1. The Morgan fingerprint density at radius 3 is 2.50 bits per heavy atom. The number of nitrogens with zero attached hydrogens (tertiary/aromatic N) is 1. The fourth-order valence-electron chi connectivity index (χ4n) is 2.25. The molecular formula is C15H24FN3O. The van der Waals surface area contributed by atoms with Crippen LogP contribution in [0.25, 0.3) is 0 Å². The number of nitrogens with one attached hydrogen (secondary N) is 1. The second-order valence-electron chi connectivity index (χ2n) is 4.97. The summed E-state index contributed by atoms with van der Waals surface area (Å²) in [6.45, 7) is 2.63. The van der Waals surface area contributed by atoms with Gasteiger partial charge in [0.15, 0.2) is 0 Å². The molecule has 5 heteroatoms. The van der Waals surface area contributed by atoms with Gasteiger partial charge >= 0.3 is 0 Å². The van der Waals surface area contributed by atoms with E-state index < -0.39 is 0 Å². The molecule has 0 bridgehead atoms. The highest BCUT2D eigenvalue weighted by atomic mass is 19.1. The van der Waals surface area contributed by atoms with E-state index in [9.17, 15) is 9.18 Å². The zero-order chi connectivity index (χ0) is 15.1. The number of rotatable bonds is 7. The van der Waals surface area contributed by atoms with Crippen LogP contribution in [0.3, 0.4) is 0 Å². The van der Waals surface area contributed by atoms with Crippen molar-refractivity contribution in [2.45, 2.75) is 31.8 Å². The first-order valence-electron chi connectivity index (χ1n) is 6.91. The zero-order valence-electron chi connectivity index (χ0n) is 12.4. The van der Waals surface area contributed by atoms with E-state index in [1.54, 1.807) is 19.2 Å². The molecule has 0 aliphatic carbocycles. The lowest BCUT2D eigenvalue weighted by molar-refractivity contribution is -0.121. The fourth-order valence-corrected chi connectivity index (χ4v) is 2.25. The maximum absolute atomic E-state index is 13.0. The summed E-state index contributed by atoms with van der Waals surface area (Å²) in [7, 11) is 3.56. The maximum atomic E-state index is 13.0. The molecule has 1 aromatic carbocycles. The molecule has 1 aromatic rings. The molecule has 112 valence electrons. The number of carbonyl (C=O) groups excluding carboxylic acids is 1. The van der Waals surface area contributed by atoms with Crippen LogP contribution in [0.2, 0.25) is 0 Å². The van der Waals surface area contributed by atoms with Crippen molar-refractivity contribution in [2.24, 2.45) is 5.73 Å². The molecule has 0 aliphatic heterocycles. The molecule has 1 amide bonds. The first-order valence-corrected chi connectivity index (χ1v) is 6.91. The van der Waals surface area contributed by atoms with Crippen LogP contribution >= 0.6 is 0 Å². The van der Waals surface area contributed by atoms with E-state index in [0.717, 1.165) is 12.0 Å². The minimum Gasteiger partial charge on any atom is -0.359 e. The van der Waals surface area contributed by atoms with Crippen molar-refractivity contribution in [3.05, 3.63) is 35.6 Å². The van der Waals surface area contributed by atoms with Crippen molar-refractivity contribution in [1.82, 2.24) is 10.2 Å². The lowest BCUT2D eigenvalue weighted by Gasteiger charge is -2.32. The molecule has 0 fully saturated rings. The zero-order valence-corrected chi connectivity index (χ0v) is 12.4. The molecule has 0 saturated heterocycles. The molecule has 2 unspecified atom stereocenters. The van der Waals surface area contributed by atoms with E-state index in [1.807, 2.05) is 14.0 Å². The Kier molecular flexibility index (Phi) is 6.61. The van der Waals surface area contributed by atoms with Crippen molar-refractivity contribution in [2.75, 3.05) is 20.6 Å². The smallest absolute Gasteiger partial charge is 0.221 e. The second kappa shape index (κ2) is 7.97. The topological polar surface area (TPSA) is 58.4 Å². The molecule has 4 nitrogen and oxygen atoms in total. The highest BCUT2D eigenvalue weighted by molar-refractivity contribution is 5.75. The Balaban J connectivity index is 2.83. The average Bonchev–Trinajstić information content (AvgIpc) is 2.46. The van der Waals surface area contributed by atoms with Crippen LogP contribution in [-0.2, 0) is 4.79 Å². The third kappa shape index (κ3) is 4.58. The van der Waals surface area contributed by atoms with Crippen LogP contribution in [0.15, 0.2) is 24.3 Å². The van der Waals surface area contributed by atoms with Gasteiger partial charge < -0.3 is 11.1 Å². The Morgan fingerprint density at radius 1 is 1.40 bits per heavy atom. The summed E-state index contributed by atoms with van der Waals surface area (Å²) < 4.78 is 13.0. The number of hydrogen-bond acceptors (Lipinski definition) is 3. The maximum Gasteiger partial charge on any atom is 0.221 e. The summed E-state index contributed by atoms with van der Waals surface area (Å²) in [4.78, 5) is 13.4. The molecular weight excluding hydrogens is 257 g/mol. The molecule has 20 heavy (non-hydrogen) atoms. The lowest BCUT2D eigenvalue weighted by atomic mass is 9.96. The largest absolute Gasteiger partial charge is 0.359 e. The average molecular weight is 281 g/mol. The second-order valence-corrected chi connectivity index (χ2v) is 4.97. The highest BCUT2D eigenvalue weighted by Crippen LogP contribution is 2.24. The molecule has 0 radical (unpaired) electrons. The Labute approximate surface area is 120 Å². The molecule has 1 rings (SSSR count). The first kappa shape index (κ1) is 16.6. The minimum atomic E-state index is -0.259. The van der Waals surface area contributed by atoms with Gasteiger partial charge in [-0.3, -0.25) is 9.69 Å². The van der Waals surface area contributed by atoms with Crippen LogP contribution < -0.4 is 11.1 Å². The summed E-state index contributed by atoms with van der Waals surface area (Å²) in [6.07, 6.45) is 1.23. The van der Waals surface area contributed by atoms with Gasteiger partial charge in [0.1, 0.15) is 5.82 Å². The predicted molar refractivity (Wildman–Crippen MR) is 78.7 cm³/mol. The summed E-state index contributed by atoms with van der Waals surface area (Å²) in [5.74, 6) is -0.259. The lowest BCUT2D eigenvalue weighted by Crippen LogP contribution is -2.40. The number of nitrogens with two attached hydrogens (primary N) is 1. The fraction of sp³-hybridized carbons (Fsp3) is 0.533. The van der Waals surface area contributed by atoms with Gasteiger partial charge in [-0.25, -0.2) is 4.39 Å². The van der Waals surface area contributed by atoms with Crippen LogP contribution in [0.5, 0.6) is 0 Å². The van der Waals surface area contributed by atoms with E-state index in [4.69, 9.17) is 5.73 Å². The van der Waals surface area contributed by atoms with E-state index in [1.165, 1.54) is 12.1 Å². The van der Waals surface area contributed by atoms with Crippen molar-refractivity contribution < 1.29 is 9.18 Å². The molecule has 0 heterocycles. The SMILES string of the molecule is CCC(N)C(c1ccc(F)cc1)N(C)CCC(=O)NC. The normalized spacial score (nSPS) is 14.1. The molecule has 3 N–H and O–H groups in total. The predicted octanol–water partition coefficient (Wildman–Crippen LogP) is 1.67. The quantitative estimate of drug-likeness (QED) is 0.799. The summed E-state index contributed by atoms with van der Waals surface area (Å²) in [5, 5.41) is 2.60. The number of carbonyl (C=O) groups is 1. The summed E-state index contributed by atoms with van der Waals surface area (Å²) >= 11 is 0. The number of halogens is 1. The summed E-state index contributed by atoms with van der Waals surface area (Å²) in [6, 6.07) is 6.31. The molecule has 0 saturated carbocycles. The van der Waals surface area contributed by atoms with Gasteiger partial charge in [0.2, 0.25) is 5.91 Å². The van der Waals surface area contributed by atoms with Gasteiger partial charge in [0.25, 0.3) is 0 Å². The Morgan fingerprint density at radius 2 is 2.00 bits per heavy atom. The van der Waals surface area contributed by atoms with E-state index in [-0.39, 0.29) is 23.8 Å². The van der Waals surface area contributed by atoms with Crippen LogP contribution in [-0.4, -0.2) is 37.5 Å². The van der Waals surface area contributed by atoms with Crippen LogP contribution in [0.1, 0.15) is 31.4 Å². The number of hydrogen-bond donors (Lipinski definition) is 2. The van der Waals surface area contributed by atoms with Crippen molar-refractivity contribution in [3.8, 4) is 0 Å². The number of benzene rings is 1. The van der Waals surface area contributed by atoms with Crippen molar-refractivity contribution in [3.63, 3.8) is 0 Å². The monoisotopic (exact) mass is 281 g/mol. The van der Waals surface area contributed by atoms with E-state index in [0.29, 0.717) is 13.0 Å². The van der Waals surface area contributed by atoms with Crippen LogP contribution in [0, 0.1) is 5.82 Å². The Bertz CT molecular complexity index is 422. The van der Waals surface area contributed by atoms with Crippen molar-refractivity contribution in [1.29, 1.82) is 0 Å². The van der Waals surface area contributed by atoms with Gasteiger partial charge in [0.05, 0.1) is 0 Å². The van der Waals surface area contributed by atoms with Gasteiger partial charge in [-0.2, -0.15) is 0 Å². The van der Waals surface area contributed by atoms with E-state index >= 15 is 0 Å². The Hall–Kier alpha value is -1.46. The van der Waals surface area contributed by atoms with Gasteiger partial charge in [-0.05, 0) is 31.2 Å². The van der Waals surface area contributed by atoms with Crippen LogP contribution in [0.4, 0.5) is 4.39 Å². The minimum absolute atomic E-state index is 0.000207. The van der Waals surface area contributed by atoms with Gasteiger partial charge in [-0.1, -0.05) is 19.1 Å². The molecule has 0 spiro atoms. The number of likely N-dealkylation sites (N-methyl/N-ethyl adjacent to an activating group) is 1. The van der Waals surface area contributed by atoms with Gasteiger partial charge in [0, 0.05) is 32.1 Å². The molecule has 0 aliphatic rings. The van der Waals surface area contributed by atoms with Crippen molar-refractivity contribution >= 4 is 5.91 Å². The van der Waals surface area contributed by atoms with E-state index in [2.05, 4.69) is 10.2 Å². The first-order chi connectivity index (χ1) is 9.49. The third-order valence-corrected chi connectivity index (χ3v) is 3.53. The van der Waals surface area contributed by atoms with Gasteiger partial charge in [-0.15, -0.1) is 0 Å². The summed E-state index contributed by atoms with van der Waals surface area (Å²) in [5.41, 5.74) is 7.16.